The Morgan fingerprint density at radius 1 is 1.39 bits per heavy atom. The Hall–Kier alpha value is -1.92. The van der Waals surface area contributed by atoms with Crippen LogP contribution >= 0.6 is 0 Å². The molecule has 2 atom stereocenters. The number of hydrogen-bond donors (Lipinski definition) is 1. The fourth-order valence-corrected chi connectivity index (χ4v) is 2.19. The van der Waals surface area contributed by atoms with Crippen molar-refractivity contribution in [3.8, 4) is 6.07 Å². The highest BCUT2D eigenvalue weighted by Gasteiger charge is 2.21. The van der Waals surface area contributed by atoms with Crippen LogP contribution in [0.15, 0.2) is 30.3 Å². The number of aromatic nitrogens is 1. The van der Waals surface area contributed by atoms with E-state index in [0.717, 1.165) is 22.2 Å². The zero-order chi connectivity index (χ0) is 13.1. The van der Waals surface area contributed by atoms with Gasteiger partial charge in [0.2, 0.25) is 0 Å². The SMILES string of the molecule is CCC(C#N)C(O)c1cc(C)nc2ccccc12. The van der Waals surface area contributed by atoms with Crippen LogP contribution in [0.4, 0.5) is 0 Å². The molecule has 0 fully saturated rings. The van der Waals surface area contributed by atoms with Crippen molar-refractivity contribution < 1.29 is 5.11 Å². The lowest BCUT2D eigenvalue weighted by atomic mass is 9.92. The van der Waals surface area contributed by atoms with Gasteiger partial charge in [0.25, 0.3) is 0 Å². The Balaban J connectivity index is 2.60. The highest BCUT2D eigenvalue weighted by atomic mass is 16.3. The number of para-hydroxylation sites is 1. The van der Waals surface area contributed by atoms with E-state index in [1.54, 1.807) is 0 Å². The van der Waals surface area contributed by atoms with Crippen LogP contribution in [-0.4, -0.2) is 10.1 Å². The summed E-state index contributed by atoms with van der Waals surface area (Å²) in [4.78, 5) is 4.44. The van der Waals surface area contributed by atoms with E-state index in [9.17, 15) is 5.11 Å². The number of hydrogen-bond acceptors (Lipinski definition) is 3. The molecule has 92 valence electrons. The second-order valence-corrected chi connectivity index (χ2v) is 4.46. The topological polar surface area (TPSA) is 56.9 Å². The number of nitrogens with zero attached hydrogens (tertiary/aromatic N) is 2. The average Bonchev–Trinajstić information content (AvgIpc) is 2.39. The molecule has 3 nitrogen and oxygen atoms in total. The molecule has 0 radical (unpaired) electrons. The second kappa shape index (κ2) is 5.16. The number of rotatable bonds is 3. The molecule has 0 saturated heterocycles. The molecule has 0 saturated carbocycles. The third-order valence-electron chi connectivity index (χ3n) is 3.18. The number of fused-ring (bicyclic) bond motifs is 1. The lowest BCUT2D eigenvalue weighted by Gasteiger charge is -2.17. The Labute approximate surface area is 107 Å². The monoisotopic (exact) mass is 240 g/mol. The highest BCUT2D eigenvalue weighted by molar-refractivity contribution is 5.82. The van der Waals surface area contributed by atoms with Gasteiger partial charge in [-0.25, -0.2) is 0 Å². The van der Waals surface area contributed by atoms with E-state index in [0.29, 0.717) is 6.42 Å². The first-order chi connectivity index (χ1) is 8.67. The summed E-state index contributed by atoms with van der Waals surface area (Å²) in [6, 6.07) is 11.7. The van der Waals surface area contributed by atoms with E-state index in [-0.39, 0.29) is 5.92 Å². The largest absolute Gasteiger partial charge is 0.387 e. The first kappa shape index (κ1) is 12.5. The van der Waals surface area contributed by atoms with Gasteiger partial charge in [0.05, 0.1) is 23.6 Å². The molecule has 2 unspecified atom stereocenters. The molecule has 1 N–H and O–H groups in total. The maximum absolute atomic E-state index is 10.4. The Morgan fingerprint density at radius 2 is 2.11 bits per heavy atom. The van der Waals surface area contributed by atoms with Crippen molar-refractivity contribution in [3.63, 3.8) is 0 Å². The van der Waals surface area contributed by atoms with Gasteiger partial charge in [0.1, 0.15) is 0 Å². The van der Waals surface area contributed by atoms with Gasteiger partial charge in [0.15, 0.2) is 0 Å². The van der Waals surface area contributed by atoms with Gasteiger partial charge >= 0.3 is 0 Å². The summed E-state index contributed by atoms with van der Waals surface area (Å²) in [5.74, 6) is -0.379. The lowest BCUT2D eigenvalue weighted by molar-refractivity contribution is 0.134. The molecule has 1 aromatic heterocycles. The van der Waals surface area contributed by atoms with Crippen LogP contribution in [0.3, 0.4) is 0 Å². The maximum Gasteiger partial charge on any atom is 0.0955 e. The molecule has 0 amide bonds. The van der Waals surface area contributed by atoms with Crippen LogP contribution in [0.5, 0.6) is 0 Å². The molecule has 0 bridgehead atoms. The van der Waals surface area contributed by atoms with Crippen molar-refractivity contribution in [2.24, 2.45) is 5.92 Å². The quantitative estimate of drug-likeness (QED) is 0.896. The second-order valence-electron chi connectivity index (χ2n) is 4.46. The van der Waals surface area contributed by atoms with E-state index in [1.807, 2.05) is 44.2 Å². The van der Waals surface area contributed by atoms with E-state index < -0.39 is 6.10 Å². The summed E-state index contributed by atoms with van der Waals surface area (Å²) < 4.78 is 0. The van der Waals surface area contributed by atoms with Crippen LogP contribution in [0.2, 0.25) is 0 Å². The number of aryl methyl sites for hydroxylation is 1. The number of nitriles is 1. The Morgan fingerprint density at radius 3 is 2.78 bits per heavy atom. The van der Waals surface area contributed by atoms with Gasteiger partial charge in [-0.1, -0.05) is 25.1 Å². The van der Waals surface area contributed by atoms with Crippen LogP contribution in [0, 0.1) is 24.2 Å². The van der Waals surface area contributed by atoms with Crippen molar-refractivity contribution in [3.05, 3.63) is 41.6 Å². The zero-order valence-electron chi connectivity index (χ0n) is 10.6. The van der Waals surface area contributed by atoms with Crippen molar-refractivity contribution in [1.29, 1.82) is 5.26 Å². The summed E-state index contributed by atoms with van der Waals surface area (Å²) in [5, 5.41) is 20.3. The summed E-state index contributed by atoms with van der Waals surface area (Å²) >= 11 is 0. The molecule has 0 aliphatic rings. The van der Waals surface area contributed by atoms with Crippen LogP contribution in [-0.2, 0) is 0 Å². The van der Waals surface area contributed by atoms with Gasteiger partial charge in [-0.15, -0.1) is 0 Å². The predicted molar refractivity (Wildman–Crippen MR) is 70.8 cm³/mol. The minimum Gasteiger partial charge on any atom is -0.387 e. The summed E-state index contributed by atoms with van der Waals surface area (Å²) in [5.41, 5.74) is 2.52. The standard InChI is InChI=1S/C15H16N2O/c1-3-11(9-16)15(18)13-8-10(2)17-14-7-5-4-6-12(13)14/h4-8,11,15,18H,3H2,1-2H3. The summed E-state index contributed by atoms with van der Waals surface area (Å²) in [6.07, 6.45) is -0.125. The average molecular weight is 240 g/mol. The first-order valence-corrected chi connectivity index (χ1v) is 6.11. The minimum atomic E-state index is -0.758. The molecule has 0 aliphatic heterocycles. The molecular weight excluding hydrogens is 224 g/mol. The van der Waals surface area contributed by atoms with Gasteiger partial charge in [-0.3, -0.25) is 4.98 Å². The van der Waals surface area contributed by atoms with Crippen LogP contribution < -0.4 is 0 Å². The smallest absolute Gasteiger partial charge is 0.0955 e. The van der Waals surface area contributed by atoms with Gasteiger partial charge in [0, 0.05) is 11.1 Å². The molecule has 2 aromatic rings. The number of aliphatic hydroxyl groups is 1. The molecule has 1 heterocycles. The van der Waals surface area contributed by atoms with Crippen molar-refractivity contribution in [2.75, 3.05) is 0 Å². The number of aliphatic hydroxyl groups excluding tert-OH is 1. The lowest BCUT2D eigenvalue weighted by Crippen LogP contribution is -2.11. The van der Waals surface area contributed by atoms with Crippen LogP contribution in [0.1, 0.15) is 30.7 Å². The summed E-state index contributed by atoms with van der Waals surface area (Å²) in [7, 11) is 0. The van der Waals surface area contributed by atoms with Crippen molar-refractivity contribution >= 4 is 10.9 Å². The third-order valence-corrected chi connectivity index (χ3v) is 3.18. The van der Waals surface area contributed by atoms with E-state index in [2.05, 4.69) is 11.1 Å². The van der Waals surface area contributed by atoms with E-state index in [1.165, 1.54) is 0 Å². The zero-order valence-corrected chi connectivity index (χ0v) is 10.6. The molecule has 0 spiro atoms. The molecular formula is C15H16N2O. The number of benzene rings is 1. The minimum absolute atomic E-state index is 0.379. The first-order valence-electron chi connectivity index (χ1n) is 6.11. The maximum atomic E-state index is 10.4. The van der Waals surface area contributed by atoms with Crippen molar-refractivity contribution in [1.82, 2.24) is 4.98 Å². The Kier molecular flexibility index (Phi) is 3.59. The summed E-state index contributed by atoms with van der Waals surface area (Å²) in [6.45, 7) is 3.81. The molecule has 0 aliphatic carbocycles. The third kappa shape index (κ3) is 2.20. The van der Waals surface area contributed by atoms with Crippen LogP contribution in [0.25, 0.3) is 10.9 Å². The fourth-order valence-electron chi connectivity index (χ4n) is 2.19. The molecule has 1 aromatic carbocycles. The highest BCUT2D eigenvalue weighted by Crippen LogP contribution is 2.30. The Bertz CT molecular complexity index is 601. The van der Waals surface area contributed by atoms with E-state index >= 15 is 0 Å². The molecule has 3 heteroatoms. The number of pyridine rings is 1. The van der Waals surface area contributed by atoms with Crippen molar-refractivity contribution in [2.45, 2.75) is 26.4 Å². The van der Waals surface area contributed by atoms with Gasteiger partial charge < -0.3 is 5.11 Å². The predicted octanol–water partition coefficient (Wildman–Crippen LogP) is 3.13. The normalized spacial score (nSPS) is 14.1. The van der Waals surface area contributed by atoms with Gasteiger partial charge in [-0.05, 0) is 31.0 Å². The fraction of sp³-hybridized carbons (Fsp3) is 0.333. The van der Waals surface area contributed by atoms with Gasteiger partial charge in [-0.2, -0.15) is 5.26 Å². The molecule has 18 heavy (non-hydrogen) atoms. The molecule has 2 rings (SSSR count). The van der Waals surface area contributed by atoms with E-state index in [4.69, 9.17) is 5.26 Å².